The average molecular weight is 394 g/mol. The number of amides is 1. The van der Waals surface area contributed by atoms with Crippen molar-refractivity contribution in [1.82, 2.24) is 0 Å². The van der Waals surface area contributed by atoms with Crippen LogP contribution < -0.4 is 10.2 Å². The summed E-state index contributed by atoms with van der Waals surface area (Å²) in [6.07, 6.45) is 0.503. The van der Waals surface area contributed by atoms with Crippen LogP contribution in [-0.4, -0.2) is 36.5 Å². The molecule has 2 fully saturated rings. The topological polar surface area (TPSA) is 41.6 Å². The maximum absolute atomic E-state index is 12.2. The molecule has 1 unspecified atom stereocenters. The van der Waals surface area contributed by atoms with Crippen LogP contribution in [0.2, 0.25) is 0 Å². The van der Waals surface area contributed by atoms with Crippen LogP contribution in [0.5, 0.6) is 0 Å². The van der Waals surface area contributed by atoms with Crippen LogP contribution in [0.4, 0.5) is 11.4 Å². The first-order valence-corrected chi connectivity index (χ1v) is 8.33. The van der Waals surface area contributed by atoms with Crippen molar-refractivity contribution in [2.75, 3.05) is 36.5 Å². The van der Waals surface area contributed by atoms with Gasteiger partial charge in [-0.3, -0.25) is 4.79 Å². The molecule has 1 aliphatic heterocycles. The molecule has 21 heavy (non-hydrogen) atoms. The fourth-order valence-corrected chi connectivity index (χ4v) is 3.27. The number of ether oxygens (including phenoxy) is 1. The third-order valence-corrected chi connectivity index (χ3v) is 5.04. The molecule has 1 N–H and O–H groups in total. The number of hydrogen-bond donors (Lipinski definition) is 1. The number of benzene rings is 1. The van der Waals surface area contributed by atoms with Gasteiger partial charge in [0.1, 0.15) is 4.33 Å². The molecule has 0 bridgehead atoms. The molecule has 1 amide bonds. The predicted molar refractivity (Wildman–Crippen MR) is 88.3 cm³/mol. The molecule has 0 radical (unpaired) electrons. The second-order valence-electron chi connectivity index (χ2n) is 5.27. The lowest BCUT2D eigenvalue weighted by Gasteiger charge is -2.30. The molecule has 114 valence electrons. The van der Waals surface area contributed by atoms with E-state index in [1.165, 1.54) is 0 Å². The quantitative estimate of drug-likeness (QED) is 0.800. The standard InChI is InChI=1S/C14H15BrCl2N2O2/c15-9-1-2-12(19-3-5-21-6-4-19)11(7-9)18-13(20)10-8-14(10,16)17/h1-2,7,10H,3-6,8H2,(H,18,20). The number of alkyl halides is 2. The van der Waals surface area contributed by atoms with Crippen molar-refractivity contribution < 1.29 is 9.53 Å². The minimum absolute atomic E-state index is 0.132. The molecular weight excluding hydrogens is 379 g/mol. The minimum Gasteiger partial charge on any atom is -0.378 e. The highest BCUT2D eigenvalue weighted by molar-refractivity contribution is 9.10. The van der Waals surface area contributed by atoms with Crippen molar-refractivity contribution in [1.29, 1.82) is 0 Å². The first kappa shape index (κ1) is 15.4. The highest BCUT2D eigenvalue weighted by Crippen LogP contribution is 2.53. The Labute approximate surface area is 141 Å². The van der Waals surface area contributed by atoms with Crippen molar-refractivity contribution in [2.24, 2.45) is 5.92 Å². The maximum Gasteiger partial charge on any atom is 0.230 e. The first-order valence-electron chi connectivity index (χ1n) is 6.78. The number of hydrogen-bond acceptors (Lipinski definition) is 3. The van der Waals surface area contributed by atoms with Gasteiger partial charge in [-0.2, -0.15) is 0 Å². The van der Waals surface area contributed by atoms with E-state index in [0.717, 1.165) is 28.9 Å². The van der Waals surface area contributed by atoms with E-state index in [0.29, 0.717) is 19.6 Å². The Hall–Kier alpha value is -0.490. The van der Waals surface area contributed by atoms with Crippen molar-refractivity contribution in [3.8, 4) is 0 Å². The SMILES string of the molecule is O=C(Nc1cc(Br)ccc1N1CCOCC1)C1CC1(Cl)Cl. The van der Waals surface area contributed by atoms with Gasteiger partial charge in [-0.15, -0.1) is 23.2 Å². The molecule has 7 heteroatoms. The lowest BCUT2D eigenvalue weighted by molar-refractivity contribution is -0.117. The molecule has 1 aromatic carbocycles. The molecule has 1 heterocycles. The molecule has 1 saturated heterocycles. The van der Waals surface area contributed by atoms with E-state index in [4.69, 9.17) is 27.9 Å². The van der Waals surface area contributed by atoms with E-state index in [9.17, 15) is 4.79 Å². The molecule has 1 saturated carbocycles. The normalized spacial score (nSPS) is 23.8. The first-order chi connectivity index (χ1) is 9.97. The average Bonchev–Trinajstić information content (AvgIpc) is 3.09. The number of rotatable bonds is 3. The summed E-state index contributed by atoms with van der Waals surface area (Å²) in [5.41, 5.74) is 1.76. The number of anilines is 2. The third-order valence-electron chi connectivity index (χ3n) is 3.71. The van der Waals surface area contributed by atoms with Crippen LogP contribution in [0, 0.1) is 5.92 Å². The summed E-state index contributed by atoms with van der Waals surface area (Å²) in [5, 5.41) is 2.95. The van der Waals surface area contributed by atoms with Crippen LogP contribution >= 0.6 is 39.1 Å². The summed E-state index contributed by atoms with van der Waals surface area (Å²) in [5.74, 6) is -0.468. The third kappa shape index (κ3) is 3.47. The Bertz CT molecular complexity index is 562. The number of nitrogens with one attached hydrogen (secondary N) is 1. The Morgan fingerprint density at radius 2 is 2.05 bits per heavy atom. The maximum atomic E-state index is 12.2. The lowest BCUT2D eigenvalue weighted by Crippen LogP contribution is -2.36. The van der Waals surface area contributed by atoms with Gasteiger partial charge in [-0.05, 0) is 24.6 Å². The zero-order valence-electron chi connectivity index (χ0n) is 11.2. The zero-order chi connectivity index (χ0) is 15.0. The van der Waals surface area contributed by atoms with E-state index < -0.39 is 4.33 Å². The summed E-state index contributed by atoms with van der Waals surface area (Å²) >= 11 is 15.4. The molecule has 1 aliphatic carbocycles. The molecule has 1 aromatic rings. The van der Waals surface area contributed by atoms with Gasteiger partial charge in [-0.25, -0.2) is 0 Å². The van der Waals surface area contributed by atoms with Crippen molar-refractivity contribution >= 4 is 56.4 Å². The fraction of sp³-hybridized carbons (Fsp3) is 0.500. The smallest absolute Gasteiger partial charge is 0.230 e. The van der Waals surface area contributed by atoms with Crippen LogP contribution in [-0.2, 0) is 9.53 Å². The van der Waals surface area contributed by atoms with Crippen molar-refractivity contribution in [3.63, 3.8) is 0 Å². The number of nitrogens with zero attached hydrogens (tertiary/aromatic N) is 1. The number of morpholine rings is 1. The summed E-state index contributed by atoms with van der Waals surface area (Å²) in [4.78, 5) is 14.4. The van der Waals surface area contributed by atoms with E-state index in [1.54, 1.807) is 0 Å². The van der Waals surface area contributed by atoms with Crippen LogP contribution in [0.25, 0.3) is 0 Å². The Morgan fingerprint density at radius 3 is 2.67 bits per heavy atom. The number of carbonyl (C=O) groups is 1. The van der Waals surface area contributed by atoms with Gasteiger partial charge < -0.3 is 15.0 Å². The Kier molecular flexibility index (Phi) is 4.37. The highest BCUT2D eigenvalue weighted by atomic mass is 79.9. The Balaban J connectivity index is 1.79. The molecule has 0 aromatic heterocycles. The van der Waals surface area contributed by atoms with Gasteiger partial charge in [0.05, 0.1) is 30.5 Å². The van der Waals surface area contributed by atoms with E-state index >= 15 is 0 Å². The van der Waals surface area contributed by atoms with Gasteiger partial charge in [0.15, 0.2) is 0 Å². The molecule has 1 atom stereocenters. The summed E-state index contributed by atoms with van der Waals surface area (Å²) < 4.78 is 5.37. The molecule has 0 spiro atoms. The zero-order valence-corrected chi connectivity index (χ0v) is 14.3. The Morgan fingerprint density at radius 1 is 1.38 bits per heavy atom. The summed E-state index contributed by atoms with van der Waals surface area (Å²) in [7, 11) is 0. The summed E-state index contributed by atoms with van der Waals surface area (Å²) in [6.45, 7) is 3.00. The summed E-state index contributed by atoms with van der Waals surface area (Å²) in [6, 6.07) is 5.85. The second-order valence-corrected chi connectivity index (χ2v) is 7.73. The molecule has 4 nitrogen and oxygen atoms in total. The minimum atomic E-state index is -0.908. The van der Waals surface area contributed by atoms with Crippen LogP contribution in [0.15, 0.2) is 22.7 Å². The highest BCUT2D eigenvalue weighted by Gasteiger charge is 2.56. The molecule has 2 aliphatic rings. The monoisotopic (exact) mass is 392 g/mol. The fourth-order valence-electron chi connectivity index (χ4n) is 2.41. The largest absolute Gasteiger partial charge is 0.378 e. The van der Waals surface area contributed by atoms with Crippen molar-refractivity contribution in [2.45, 2.75) is 10.8 Å². The van der Waals surface area contributed by atoms with Crippen LogP contribution in [0.3, 0.4) is 0 Å². The van der Waals surface area contributed by atoms with E-state index in [-0.39, 0.29) is 11.8 Å². The van der Waals surface area contributed by atoms with Gasteiger partial charge in [0, 0.05) is 17.6 Å². The van der Waals surface area contributed by atoms with Crippen LogP contribution in [0.1, 0.15) is 6.42 Å². The second kappa shape index (κ2) is 5.95. The van der Waals surface area contributed by atoms with Gasteiger partial charge in [0.2, 0.25) is 5.91 Å². The van der Waals surface area contributed by atoms with E-state index in [1.807, 2.05) is 18.2 Å². The lowest BCUT2D eigenvalue weighted by atomic mass is 10.2. The molecular formula is C14H15BrCl2N2O2. The van der Waals surface area contributed by atoms with Crippen molar-refractivity contribution in [3.05, 3.63) is 22.7 Å². The molecule has 3 rings (SSSR count). The number of halogens is 3. The number of carbonyl (C=O) groups excluding carboxylic acids is 1. The van der Waals surface area contributed by atoms with Gasteiger partial charge >= 0.3 is 0 Å². The predicted octanol–water partition coefficient (Wildman–Crippen LogP) is 3.42. The van der Waals surface area contributed by atoms with Gasteiger partial charge in [0.25, 0.3) is 0 Å². The van der Waals surface area contributed by atoms with E-state index in [2.05, 4.69) is 26.1 Å². The van der Waals surface area contributed by atoms with Gasteiger partial charge in [-0.1, -0.05) is 15.9 Å².